The molecule has 17 heavy (non-hydrogen) atoms. The molecule has 6 nitrogen and oxygen atoms in total. The second-order valence-corrected chi connectivity index (χ2v) is 3.77. The lowest BCUT2D eigenvalue weighted by Crippen LogP contribution is -2.17. The van der Waals surface area contributed by atoms with E-state index in [1.807, 2.05) is 0 Å². The Labute approximate surface area is 102 Å². The number of nitro benzene ring substituents is 1. The molecule has 1 rings (SSSR count). The van der Waals surface area contributed by atoms with Crippen LogP contribution >= 0.6 is 11.6 Å². The first-order chi connectivity index (χ1) is 8.00. The van der Waals surface area contributed by atoms with Gasteiger partial charge in [-0.2, -0.15) is 0 Å². The van der Waals surface area contributed by atoms with Crippen molar-refractivity contribution in [2.45, 2.75) is 13.0 Å². The highest BCUT2D eigenvalue weighted by Crippen LogP contribution is 2.24. The minimum absolute atomic E-state index is 0.00961. The summed E-state index contributed by atoms with van der Waals surface area (Å²) in [6.07, 6.45) is 0.00961. The fourth-order valence-corrected chi connectivity index (χ4v) is 1.42. The Morgan fingerprint density at radius 3 is 2.82 bits per heavy atom. The quantitative estimate of drug-likeness (QED) is 0.461. The van der Waals surface area contributed by atoms with Gasteiger partial charge in [-0.1, -0.05) is 17.7 Å². The van der Waals surface area contributed by atoms with E-state index in [1.165, 1.54) is 12.1 Å². The molecule has 2 N–H and O–H groups in total. The Balaban J connectivity index is 2.57. The first-order valence-electron chi connectivity index (χ1n) is 4.86. The molecule has 0 radical (unpaired) electrons. The number of carboxylic acid groups (broad SMARTS) is 1. The summed E-state index contributed by atoms with van der Waals surface area (Å²) in [5, 5.41) is 22.0. The fourth-order valence-electron chi connectivity index (χ4n) is 1.24. The summed E-state index contributed by atoms with van der Waals surface area (Å²) in [5.41, 5.74) is 0.538. The number of carbonyl (C=O) groups is 1. The monoisotopic (exact) mass is 258 g/mol. The van der Waals surface area contributed by atoms with Gasteiger partial charge in [0.1, 0.15) is 5.02 Å². The number of benzene rings is 1. The third-order valence-electron chi connectivity index (χ3n) is 2.05. The highest BCUT2D eigenvalue weighted by Gasteiger charge is 2.12. The summed E-state index contributed by atoms with van der Waals surface area (Å²) in [7, 11) is 0. The Hall–Kier alpha value is -1.66. The van der Waals surface area contributed by atoms with Gasteiger partial charge in [-0.15, -0.1) is 0 Å². The van der Waals surface area contributed by atoms with Crippen LogP contribution in [-0.4, -0.2) is 22.5 Å². The maximum absolute atomic E-state index is 10.6. The molecule has 1 aromatic carbocycles. The minimum atomic E-state index is -0.889. The van der Waals surface area contributed by atoms with Crippen molar-refractivity contribution in [2.75, 3.05) is 6.54 Å². The molecule has 0 unspecified atom stereocenters. The molecule has 7 heteroatoms. The van der Waals surface area contributed by atoms with E-state index >= 15 is 0 Å². The number of nitrogens with zero attached hydrogens (tertiary/aromatic N) is 1. The van der Waals surface area contributed by atoms with Gasteiger partial charge in [-0.3, -0.25) is 14.9 Å². The molecule has 0 atom stereocenters. The van der Waals surface area contributed by atoms with Crippen molar-refractivity contribution in [2.24, 2.45) is 0 Å². The predicted molar refractivity (Wildman–Crippen MR) is 62.1 cm³/mol. The Kier molecular flexibility index (Phi) is 4.86. The van der Waals surface area contributed by atoms with Crippen LogP contribution < -0.4 is 5.32 Å². The number of hydrogen-bond acceptors (Lipinski definition) is 4. The third kappa shape index (κ3) is 4.38. The van der Waals surface area contributed by atoms with Crippen LogP contribution in [0.5, 0.6) is 0 Å². The van der Waals surface area contributed by atoms with E-state index in [2.05, 4.69) is 5.32 Å². The van der Waals surface area contributed by atoms with Crippen molar-refractivity contribution in [1.82, 2.24) is 5.32 Å². The topological polar surface area (TPSA) is 92.5 Å². The lowest BCUT2D eigenvalue weighted by atomic mass is 10.2. The van der Waals surface area contributed by atoms with Crippen LogP contribution in [0.3, 0.4) is 0 Å². The van der Waals surface area contributed by atoms with Gasteiger partial charge in [0.05, 0.1) is 11.3 Å². The highest BCUT2D eigenvalue weighted by molar-refractivity contribution is 6.32. The molecule has 0 bridgehead atoms. The number of halogens is 1. The van der Waals surface area contributed by atoms with Gasteiger partial charge in [-0.25, -0.2) is 0 Å². The summed E-state index contributed by atoms with van der Waals surface area (Å²) >= 11 is 5.65. The zero-order valence-corrected chi connectivity index (χ0v) is 9.61. The summed E-state index contributed by atoms with van der Waals surface area (Å²) < 4.78 is 0. The van der Waals surface area contributed by atoms with Gasteiger partial charge in [0.2, 0.25) is 0 Å². The number of nitro groups is 1. The van der Waals surface area contributed by atoms with E-state index in [1.54, 1.807) is 6.07 Å². The van der Waals surface area contributed by atoms with Crippen LogP contribution in [0.2, 0.25) is 5.02 Å². The first kappa shape index (κ1) is 13.4. The Morgan fingerprint density at radius 1 is 1.53 bits per heavy atom. The van der Waals surface area contributed by atoms with E-state index < -0.39 is 10.9 Å². The second kappa shape index (κ2) is 6.17. The molecule has 0 amide bonds. The molecule has 1 aromatic rings. The van der Waals surface area contributed by atoms with E-state index in [9.17, 15) is 14.9 Å². The molecular weight excluding hydrogens is 248 g/mol. The Bertz CT molecular complexity index is 436. The van der Waals surface area contributed by atoms with Crippen molar-refractivity contribution >= 4 is 23.3 Å². The molecule has 0 spiro atoms. The van der Waals surface area contributed by atoms with Crippen LogP contribution in [0.1, 0.15) is 12.0 Å². The summed E-state index contributed by atoms with van der Waals surface area (Å²) in [6, 6.07) is 4.48. The lowest BCUT2D eigenvalue weighted by Gasteiger charge is -2.03. The van der Waals surface area contributed by atoms with E-state index in [0.717, 1.165) is 0 Å². The SMILES string of the molecule is O=C(O)CCNCc1ccc(Cl)c([N+](=O)[O-])c1. The third-order valence-corrected chi connectivity index (χ3v) is 2.37. The number of hydrogen-bond donors (Lipinski definition) is 2. The molecule has 0 saturated carbocycles. The van der Waals surface area contributed by atoms with Crippen molar-refractivity contribution in [1.29, 1.82) is 0 Å². The van der Waals surface area contributed by atoms with Crippen molar-refractivity contribution < 1.29 is 14.8 Å². The van der Waals surface area contributed by atoms with Crippen LogP contribution in [0.25, 0.3) is 0 Å². The minimum Gasteiger partial charge on any atom is -0.481 e. The maximum Gasteiger partial charge on any atom is 0.304 e. The van der Waals surface area contributed by atoms with Gasteiger partial charge in [0, 0.05) is 19.2 Å². The lowest BCUT2D eigenvalue weighted by molar-refractivity contribution is -0.384. The molecule has 0 aliphatic carbocycles. The molecule has 0 heterocycles. The van der Waals surface area contributed by atoms with E-state index in [4.69, 9.17) is 16.7 Å². The van der Waals surface area contributed by atoms with Crippen molar-refractivity contribution in [3.05, 3.63) is 38.9 Å². The van der Waals surface area contributed by atoms with E-state index in [-0.39, 0.29) is 17.1 Å². The average Bonchev–Trinajstić information content (AvgIpc) is 2.25. The summed E-state index contributed by atoms with van der Waals surface area (Å²) in [5.74, 6) is -0.889. The Morgan fingerprint density at radius 2 is 2.24 bits per heavy atom. The predicted octanol–water partition coefficient (Wildman–Crippen LogP) is 1.81. The van der Waals surface area contributed by atoms with Gasteiger partial charge in [-0.05, 0) is 11.6 Å². The van der Waals surface area contributed by atoms with Crippen LogP contribution in [0.4, 0.5) is 5.69 Å². The molecule has 0 aliphatic heterocycles. The molecule has 92 valence electrons. The summed E-state index contributed by atoms with van der Waals surface area (Å²) in [6.45, 7) is 0.678. The number of aliphatic carboxylic acids is 1. The number of rotatable bonds is 6. The fraction of sp³-hybridized carbons (Fsp3) is 0.300. The zero-order valence-electron chi connectivity index (χ0n) is 8.85. The first-order valence-corrected chi connectivity index (χ1v) is 5.24. The molecular formula is C10H11ClN2O4. The normalized spacial score (nSPS) is 10.2. The highest BCUT2D eigenvalue weighted by atomic mass is 35.5. The zero-order chi connectivity index (χ0) is 12.8. The molecule has 0 aliphatic rings. The largest absolute Gasteiger partial charge is 0.481 e. The standard InChI is InChI=1S/C10H11ClN2O4/c11-8-2-1-7(5-9(8)13(16)17)6-12-4-3-10(14)15/h1-2,5,12H,3-4,6H2,(H,14,15). The second-order valence-electron chi connectivity index (χ2n) is 3.36. The van der Waals surface area contributed by atoms with Crippen molar-refractivity contribution in [3.63, 3.8) is 0 Å². The van der Waals surface area contributed by atoms with Crippen LogP contribution in [-0.2, 0) is 11.3 Å². The average molecular weight is 259 g/mol. The van der Waals surface area contributed by atoms with Crippen molar-refractivity contribution in [3.8, 4) is 0 Å². The maximum atomic E-state index is 10.6. The van der Waals surface area contributed by atoms with Gasteiger partial charge < -0.3 is 10.4 Å². The van der Waals surface area contributed by atoms with Gasteiger partial charge in [0.25, 0.3) is 5.69 Å². The smallest absolute Gasteiger partial charge is 0.304 e. The van der Waals surface area contributed by atoms with Crippen LogP contribution in [0.15, 0.2) is 18.2 Å². The molecule has 0 saturated heterocycles. The number of nitrogens with one attached hydrogen (secondary N) is 1. The number of carboxylic acids is 1. The van der Waals surface area contributed by atoms with Gasteiger partial charge >= 0.3 is 5.97 Å². The molecule has 0 aromatic heterocycles. The van der Waals surface area contributed by atoms with Crippen LogP contribution in [0, 0.1) is 10.1 Å². The van der Waals surface area contributed by atoms with Gasteiger partial charge in [0.15, 0.2) is 0 Å². The molecule has 0 fully saturated rings. The van der Waals surface area contributed by atoms with E-state index in [0.29, 0.717) is 18.7 Å². The summed E-state index contributed by atoms with van der Waals surface area (Å²) in [4.78, 5) is 20.3.